The molecule has 2 aliphatic carbocycles. The molecule has 3 aliphatic rings. The van der Waals surface area contributed by atoms with Gasteiger partial charge in [0, 0.05) is 5.69 Å². The molecule has 3 nitrogen and oxygen atoms in total. The number of amides is 1. The maximum Gasteiger partial charge on any atom is 0.227 e. The molecule has 1 spiro atoms. The smallest absolute Gasteiger partial charge is 0.227 e. The van der Waals surface area contributed by atoms with Gasteiger partial charge in [-0.25, -0.2) is 0 Å². The summed E-state index contributed by atoms with van der Waals surface area (Å²) in [4.78, 5) is 12.4. The highest BCUT2D eigenvalue weighted by Gasteiger charge is 2.60. The summed E-state index contributed by atoms with van der Waals surface area (Å²) in [5.41, 5.74) is 1.12. The molecule has 2 fully saturated rings. The number of para-hydroxylation sites is 1. The van der Waals surface area contributed by atoms with Crippen molar-refractivity contribution in [3.63, 3.8) is 0 Å². The van der Waals surface area contributed by atoms with Crippen molar-refractivity contribution in [3.8, 4) is 0 Å². The molecule has 4 rings (SSSR count). The Morgan fingerprint density at radius 2 is 2.12 bits per heavy atom. The lowest BCUT2D eigenvalue weighted by Crippen LogP contribution is -2.42. The van der Waals surface area contributed by atoms with Gasteiger partial charge in [0.05, 0.1) is 5.41 Å². The first-order chi connectivity index (χ1) is 8.23. The zero-order valence-electron chi connectivity index (χ0n) is 9.56. The van der Waals surface area contributed by atoms with E-state index in [0.29, 0.717) is 22.6 Å². The summed E-state index contributed by atoms with van der Waals surface area (Å²) in [6.07, 6.45) is 4.37. The molecule has 3 atom stereocenters. The van der Waals surface area contributed by atoms with E-state index in [2.05, 4.69) is 0 Å². The van der Waals surface area contributed by atoms with E-state index in [1.807, 2.05) is 18.2 Å². The third-order valence-corrected chi connectivity index (χ3v) is 5.02. The molecule has 2 bridgehead atoms. The Hall–Kier alpha value is -1.35. The maximum absolute atomic E-state index is 12.4. The second kappa shape index (κ2) is 2.91. The number of fused-ring (bicyclic) bond motifs is 5. The molecule has 0 saturated heterocycles. The number of nitrogens with zero attached hydrogens (tertiary/aromatic N) is 1. The number of carbonyl (C=O) groups is 1. The number of hydrogen-bond donors (Lipinski definition) is 0. The van der Waals surface area contributed by atoms with Crippen LogP contribution in [-0.4, -0.2) is 5.91 Å². The quantitative estimate of drug-likeness (QED) is 0.685. The van der Waals surface area contributed by atoms with Crippen molar-refractivity contribution in [2.24, 2.45) is 11.8 Å². The first-order valence-corrected chi connectivity index (χ1v) is 6.34. The Labute approximate surface area is 100 Å². The van der Waals surface area contributed by atoms with E-state index in [0.717, 1.165) is 24.8 Å². The summed E-state index contributed by atoms with van der Waals surface area (Å²) < 4.78 is 0. The third-order valence-electron chi connectivity index (χ3n) is 5.02. The molecular weight excluding hydrogens is 214 g/mol. The molecule has 1 amide bonds. The molecule has 1 aliphatic heterocycles. The number of rotatable bonds is 0. The summed E-state index contributed by atoms with van der Waals surface area (Å²) in [5, 5.41) is 12.6. The van der Waals surface area contributed by atoms with Gasteiger partial charge in [0.1, 0.15) is 0 Å². The summed E-state index contributed by atoms with van der Waals surface area (Å²) in [7, 11) is 0. The van der Waals surface area contributed by atoms with Gasteiger partial charge >= 0.3 is 0 Å². The van der Waals surface area contributed by atoms with Crippen LogP contribution in [0.3, 0.4) is 0 Å². The van der Waals surface area contributed by atoms with Crippen LogP contribution in [0.5, 0.6) is 0 Å². The molecule has 1 aromatic carbocycles. The molecule has 17 heavy (non-hydrogen) atoms. The van der Waals surface area contributed by atoms with Gasteiger partial charge in [-0.1, -0.05) is 24.6 Å². The van der Waals surface area contributed by atoms with Crippen LogP contribution in [0.15, 0.2) is 24.3 Å². The van der Waals surface area contributed by atoms with Crippen molar-refractivity contribution in [2.75, 3.05) is 5.06 Å². The molecule has 2 saturated carbocycles. The fourth-order valence-corrected chi connectivity index (χ4v) is 4.36. The van der Waals surface area contributed by atoms with Crippen molar-refractivity contribution in [2.45, 2.75) is 31.1 Å². The van der Waals surface area contributed by atoms with E-state index in [4.69, 9.17) is 0 Å². The second-order valence-electron chi connectivity index (χ2n) is 5.67. The van der Waals surface area contributed by atoms with Gasteiger partial charge < -0.3 is 10.3 Å². The normalized spacial score (nSPS) is 38.2. The first kappa shape index (κ1) is 9.66. The minimum atomic E-state index is -0.457. The first-order valence-electron chi connectivity index (χ1n) is 6.34. The van der Waals surface area contributed by atoms with E-state index in [1.165, 1.54) is 6.42 Å². The fourth-order valence-electron chi connectivity index (χ4n) is 4.36. The van der Waals surface area contributed by atoms with Crippen molar-refractivity contribution in [3.05, 3.63) is 35.0 Å². The Balaban J connectivity index is 1.95. The van der Waals surface area contributed by atoms with Crippen molar-refractivity contribution in [1.82, 2.24) is 0 Å². The van der Waals surface area contributed by atoms with E-state index in [9.17, 15) is 10.0 Å². The van der Waals surface area contributed by atoms with Gasteiger partial charge in [-0.3, -0.25) is 4.79 Å². The highest BCUT2D eigenvalue weighted by molar-refractivity contribution is 6.09. The zero-order chi connectivity index (χ0) is 11.6. The largest absolute Gasteiger partial charge is 0.752 e. The minimum Gasteiger partial charge on any atom is -0.752 e. The molecule has 1 aromatic rings. The molecule has 3 unspecified atom stereocenters. The van der Waals surface area contributed by atoms with E-state index in [-0.39, 0.29) is 5.91 Å². The SMILES string of the molecule is O=C1N([O-])c2ccccc2C12CC1CCC2C1. The number of benzene rings is 1. The lowest BCUT2D eigenvalue weighted by atomic mass is 9.69. The molecule has 0 aromatic heterocycles. The van der Waals surface area contributed by atoms with Gasteiger partial charge in [0.25, 0.3) is 0 Å². The minimum absolute atomic E-state index is 0.203. The maximum atomic E-state index is 12.4. The van der Waals surface area contributed by atoms with Crippen LogP contribution in [-0.2, 0) is 10.2 Å². The van der Waals surface area contributed by atoms with Gasteiger partial charge in [0.15, 0.2) is 0 Å². The van der Waals surface area contributed by atoms with Crippen molar-refractivity contribution < 1.29 is 4.79 Å². The number of hydrogen-bond acceptors (Lipinski definition) is 2. The number of carbonyl (C=O) groups excluding carboxylic acids is 1. The fraction of sp³-hybridized carbons (Fsp3) is 0.500. The van der Waals surface area contributed by atoms with Gasteiger partial charge in [-0.05, 0) is 42.7 Å². The topological polar surface area (TPSA) is 43.4 Å². The van der Waals surface area contributed by atoms with Crippen LogP contribution in [0.25, 0.3) is 0 Å². The molecule has 3 heteroatoms. The predicted molar refractivity (Wildman–Crippen MR) is 64.4 cm³/mol. The van der Waals surface area contributed by atoms with Gasteiger partial charge in [0.2, 0.25) is 5.91 Å². The van der Waals surface area contributed by atoms with Crippen LogP contribution < -0.4 is 5.06 Å². The van der Waals surface area contributed by atoms with E-state index >= 15 is 0 Å². The molecule has 88 valence electrons. The number of hydroxylamine groups is 1. The van der Waals surface area contributed by atoms with Crippen molar-refractivity contribution in [1.29, 1.82) is 0 Å². The van der Waals surface area contributed by atoms with Crippen LogP contribution in [0.2, 0.25) is 0 Å². The Morgan fingerprint density at radius 1 is 1.29 bits per heavy atom. The molecular formula is C14H14NO2-. The van der Waals surface area contributed by atoms with Crippen LogP contribution in [0.4, 0.5) is 5.69 Å². The van der Waals surface area contributed by atoms with Gasteiger partial charge in [-0.2, -0.15) is 0 Å². The Morgan fingerprint density at radius 3 is 2.82 bits per heavy atom. The molecule has 0 radical (unpaired) electrons. The zero-order valence-corrected chi connectivity index (χ0v) is 9.56. The average Bonchev–Trinajstić information content (AvgIpc) is 3.01. The average molecular weight is 228 g/mol. The lowest BCUT2D eigenvalue weighted by Gasteiger charge is -2.34. The highest BCUT2D eigenvalue weighted by atomic mass is 16.5. The Bertz CT molecular complexity index is 513. The standard InChI is InChI=1S/C14H14NO2/c16-13-14(8-9-5-6-10(14)7-9)11-3-1-2-4-12(11)15(13)17/h1-4,9-10H,5-8H2/q-1. The van der Waals surface area contributed by atoms with Crippen molar-refractivity contribution >= 4 is 11.6 Å². The third kappa shape index (κ3) is 0.951. The van der Waals surface area contributed by atoms with Crippen LogP contribution >= 0.6 is 0 Å². The van der Waals surface area contributed by atoms with E-state index < -0.39 is 5.41 Å². The molecule has 1 heterocycles. The summed E-state index contributed by atoms with van der Waals surface area (Å²) in [6, 6.07) is 7.54. The summed E-state index contributed by atoms with van der Waals surface area (Å²) in [6.45, 7) is 0. The highest BCUT2D eigenvalue weighted by Crippen LogP contribution is 2.61. The van der Waals surface area contributed by atoms with Crippen LogP contribution in [0, 0.1) is 17.0 Å². The van der Waals surface area contributed by atoms with E-state index in [1.54, 1.807) is 6.07 Å². The lowest BCUT2D eigenvalue weighted by molar-refractivity contribution is -0.124. The Kier molecular flexibility index (Phi) is 1.65. The monoisotopic (exact) mass is 228 g/mol. The predicted octanol–water partition coefficient (Wildman–Crippen LogP) is 2.59. The number of anilines is 1. The second-order valence-corrected chi connectivity index (χ2v) is 5.67. The molecule has 0 N–H and O–H groups in total. The van der Waals surface area contributed by atoms with Crippen LogP contribution in [0.1, 0.15) is 31.2 Å². The van der Waals surface area contributed by atoms with Gasteiger partial charge in [-0.15, -0.1) is 0 Å². The summed E-state index contributed by atoms with van der Waals surface area (Å²) in [5.74, 6) is 0.856. The summed E-state index contributed by atoms with van der Waals surface area (Å²) >= 11 is 0.